The molecule has 72 valence electrons. The summed E-state index contributed by atoms with van der Waals surface area (Å²) >= 11 is 0. The van der Waals surface area contributed by atoms with Crippen molar-refractivity contribution in [2.24, 2.45) is 5.92 Å². The van der Waals surface area contributed by atoms with Gasteiger partial charge in [-0.3, -0.25) is 0 Å². The van der Waals surface area contributed by atoms with Gasteiger partial charge in [-0.15, -0.1) is 8.58 Å². The Morgan fingerprint density at radius 1 is 1.25 bits per heavy atom. The second kappa shape index (κ2) is 9.26. The number of rotatable bonds is 7. The van der Waals surface area contributed by atoms with Gasteiger partial charge in [-0.2, -0.15) is 0 Å². The van der Waals surface area contributed by atoms with Crippen molar-refractivity contribution < 1.29 is 0 Å². The molecule has 0 bridgehead atoms. The normalized spacial score (nSPS) is 14.9. The molecule has 0 nitrogen and oxygen atoms in total. The maximum absolute atomic E-state index is 2.40. The lowest BCUT2D eigenvalue weighted by Crippen LogP contribution is -1.95. The Bertz CT molecular complexity index is 108. The Balaban J connectivity index is 3.46. The lowest BCUT2D eigenvalue weighted by atomic mass is 10.0. The van der Waals surface area contributed by atoms with Gasteiger partial charge in [0.1, 0.15) is 0 Å². The van der Waals surface area contributed by atoms with Crippen molar-refractivity contribution in [3.8, 4) is 0 Å². The molecule has 0 fully saturated rings. The van der Waals surface area contributed by atoms with Crippen molar-refractivity contribution in [1.29, 1.82) is 0 Å². The zero-order chi connectivity index (χ0) is 9.23. The summed E-state index contributed by atoms with van der Waals surface area (Å²) in [5.41, 5.74) is 0. The fourth-order valence-electron chi connectivity index (χ4n) is 1.23. The number of hydrogen-bond acceptors (Lipinski definition) is 0. The number of allylic oxidation sites excluding steroid dienone is 2. The van der Waals surface area contributed by atoms with Crippen molar-refractivity contribution in [3.05, 3.63) is 12.2 Å². The van der Waals surface area contributed by atoms with E-state index in [-0.39, 0.29) is 0 Å². The molecular weight excluding hydrogens is 163 g/mol. The quantitative estimate of drug-likeness (QED) is 0.319. The standard InChI is InChI=1S/C11H23P/c1-4-7-8-11(5-2)9-10-12-6-3/h7-8,11-12H,4-6,9-10H2,1-3H3. The predicted molar refractivity (Wildman–Crippen MR) is 61.6 cm³/mol. The van der Waals surface area contributed by atoms with E-state index in [2.05, 4.69) is 32.9 Å². The molecule has 0 aromatic rings. The summed E-state index contributed by atoms with van der Waals surface area (Å²) in [6.45, 7) is 6.78. The third-order valence-corrected chi connectivity index (χ3v) is 3.25. The molecule has 0 aromatic heterocycles. The van der Waals surface area contributed by atoms with Gasteiger partial charge < -0.3 is 0 Å². The van der Waals surface area contributed by atoms with Gasteiger partial charge in [0.2, 0.25) is 0 Å². The van der Waals surface area contributed by atoms with Crippen molar-refractivity contribution >= 4 is 8.58 Å². The van der Waals surface area contributed by atoms with Crippen LogP contribution in [0.3, 0.4) is 0 Å². The highest BCUT2D eigenvalue weighted by molar-refractivity contribution is 7.37. The van der Waals surface area contributed by atoms with Crippen LogP contribution in [0.4, 0.5) is 0 Å². The molecule has 0 N–H and O–H groups in total. The number of hydrogen-bond donors (Lipinski definition) is 0. The first-order valence-electron chi connectivity index (χ1n) is 5.22. The first kappa shape index (κ1) is 12.2. The van der Waals surface area contributed by atoms with E-state index < -0.39 is 0 Å². The Morgan fingerprint density at radius 3 is 2.50 bits per heavy atom. The van der Waals surface area contributed by atoms with Crippen LogP contribution in [-0.4, -0.2) is 12.3 Å². The largest absolute Gasteiger partial charge is 0.122 e. The molecule has 2 atom stereocenters. The average molecular weight is 186 g/mol. The Kier molecular flexibility index (Phi) is 9.39. The van der Waals surface area contributed by atoms with Crippen LogP contribution in [0, 0.1) is 5.92 Å². The summed E-state index contributed by atoms with van der Waals surface area (Å²) in [6, 6.07) is 0. The first-order valence-corrected chi connectivity index (χ1v) is 6.63. The summed E-state index contributed by atoms with van der Waals surface area (Å²) in [5, 5.41) is 0. The fraction of sp³-hybridized carbons (Fsp3) is 0.818. The zero-order valence-corrected chi connectivity index (χ0v) is 9.77. The molecule has 0 saturated heterocycles. The van der Waals surface area contributed by atoms with Crippen molar-refractivity contribution in [3.63, 3.8) is 0 Å². The Labute approximate surface area is 79.6 Å². The van der Waals surface area contributed by atoms with Gasteiger partial charge >= 0.3 is 0 Å². The van der Waals surface area contributed by atoms with Crippen molar-refractivity contribution in [1.82, 2.24) is 0 Å². The fourth-order valence-corrected chi connectivity index (χ4v) is 2.16. The van der Waals surface area contributed by atoms with E-state index in [1.54, 1.807) is 0 Å². The Morgan fingerprint density at radius 2 is 2.00 bits per heavy atom. The molecule has 0 spiro atoms. The van der Waals surface area contributed by atoms with Crippen LogP contribution in [0.2, 0.25) is 0 Å². The minimum Gasteiger partial charge on any atom is -0.122 e. The van der Waals surface area contributed by atoms with Gasteiger partial charge in [0, 0.05) is 0 Å². The molecule has 0 radical (unpaired) electrons. The SMILES string of the molecule is CCC=CC(CC)CCPCC. The monoisotopic (exact) mass is 186 g/mol. The minimum absolute atomic E-state index is 0.851. The van der Waals surface area contributed by atoms with Crippen LogP contribution in [-0.2, 0) is 0 Å². The molecule has 0 aliphatic rings. The summed E-state index contributed by atoms with van der Waals surface area (Å²) in [6.07, 6.45) is 11.4. The molecule has 0 rings (SSSR count). The lowest BCUT2D eigenvalue weighted by Gasteiger charge is -2.08. The van der Waals surface area contributed by atoms with Crippen LogP contribution in [0.1, 0.15) is 40.0 Å². The molecule has 0 saturated carbocycles. The van der Waals surface area contributed by atoms with E-state index in [9.17, 15) is 0 Å². The van der Waals surface area contributed by atoms with E-state index in [1.807, 2.05) is 0 Å². The lowest BCUT2D eigenvalue weighted by molar-refractivity contribution is 0.609. The van der Waals surface area contributed by atoms with Gasteiger partial charge in [-0.25, -0.2) is 0 Å². The maximum atomic E-state index is 2.40. The molecular formula is C11H23P. The molecule has 0 aliphatic heterocycles. The van der Waals surface area contributed by atoms with Crippen LogP contribution >= 0.6 is 8.58 Å². The van der Waals surface area contributed by atoms with Crippen LogP contribution in [0.5, 0.6) is 0 Å². The van der Waals surface area contributed by atoms with Crippen LogP contribution in [0.25, 0.3) is 0 Å². The van der Waals surface area contributed by atoms with Gasteiger partial charge in [-0.05, 0) is 37.5 Å². The molecule has 1 heteroatoms. The third kappa shape index (κ3) is 6.85. The van der Waals surface area contributed by atoms with Gasteiger partial charge in [0.25, 0.3) is 0 Å². The summed E-state index contributed by atoms with van der Waals surface area (Å²) < 4.78 is 0. The van der Waals surface area contributed by atoms with Gasteiger partial charge in [-0.1, -0.05) is 32.9 Å². The summed E-state index contributed by atoms with van der Waals surface area (Å²) in [7, 11) is 1.18. The molecule has 0 aromatic carbocycles. The van der Waals surface area contributed by atoms with E-state index in [4.69, 9.17) is 0 Å². The first-order chi connectivity index (χ1) is 5.85. The highest BCUT2D eigenvalue weighted by Gasteiger charge is 1.99. The Hall–Kier alpha value is 0.170. The minimum atomic E-state index is 0.851. The van der Waals surface area contributed by atoms with Gasteiger partial charge in [0.15, 0.2) is 0 Å². The van der Waals surface area contributed by atoms with E-state index >= 15 is 0 Å². The van der Waals surface area contributed by atoms with Crippen molar-refractivity contribution in [2.75, 3.05) is 12.3 Å². The van der Waals surface area contributed by atoms with E-state index in [1.165, 1.54) is 40.2 Å². The predicted octanol–water partition coefficient (Wildman–Crippen LogP) is 4.07. The summed E-state index contributed by atoms with van der Waals surface area (Å²) in [5.74, 6) is 0.851. The average Bonchev–Trinajstić information content (AvgIpc) is 2.11. The second-order valence-electron chi connectivity index (χ2n) is 3.15. The smallest absolute Gasteiger partial charge is 0.0233 e. The molecule has 12 heavy (non-hydrogen) atoms. The molecule has 0 amide bonds. The molecule has 0 aliphatic carbocycles. The van der Waals surface area contributed by atoms with Crippen LogP contribution in [0.15, 0.2) is 12.2 Å². The zero-order valence-electron chi connectivity index (χ0n) is 8.77. The van der Waals surface area contributed by atoms with Gasteiger partial charge in [0.05, 0.1) is 0 Å². The van der Waals surface area contributed by atoms with E-state index in [0.29, 0.717) is 0 Å². The summed E-state index contributed by atoms with van der Waals surface area (Å²) in [4.78, 5) is 0. The van der Waals surface area contributed by atoms with Crippen LogP contribution < -0.4 is 0 Å². The van der Waals surface area contributed by atoms with E-state index in [0.717, 1.165) is 5.92 Å². The maximum Gasteiger partial charge on any atom is -0.0233 e. The molecule has 2 unspecified atom stereocenters. The second-order valence-corrected chi connectivity index (χ2v) is 4.85. The highest BCUT2D eigenvalue weighted by atomic mass is 31.1. The highest BCUT2D eigenvalue weighted by Crippen LogP contribution is 2.18. The molecule has 0 heterocycles. The van der Waals surface area contributed by atoms with Crippen molar-refractivity contribution in [2.45, 2.75) is 40.0 Å². The topological polar surface area (TPSA) is 0 Å². The third-order valence-electron chi connectivity index (χ3n) is 2.11.